The fourth-order valence-electron chi connectivity index (χ4n) is 1.07. The van der Waals surface area contributed by atoms with Crippen molar-refractivity contribution in [3.8, 4) is 0 Å². The van der Waals surface area contributed by atoms with Gasteiger partial charge in [0, 0.05) is 18.3 Å². The van der Waals surface area contributed by atoms with Crippen LogP contribution >= 0.6 is 11.6 Å². The van der Waals surface area contributed by atoms with Crippen molar-refractivity contribution < 1.29 is 0 Å². The van der Waals surface area contributed by atoms with Crippen molar-refractivity contribution in [2.24, 2.45) is 0 Å². The largest absolute Gasteiger partial charge is 0.394 e. The SMILES string of the molecule is Nc1cnc(Cl)nc1NCc1cn[nH]c1. The lowest BCUT2D eigenvalue weighted by molar-refractivity contribution is 1.09. The van der Waals surface area contributed by atoms with Gasteiger partial charge in [0.05, 0.1) is 18.1 Å². The minimum absolute atomic E-state index is 0.166. The highest BCUT2D eigenvalue weighted by molar-refractivity contribution is 6.28. The number of H-pyrrole nitrogens is 1. The summed E-state index contributed by atoms with van der Waals surface area (Å²) < 4.78 is 0. The lowest BCUT2D eigenvalue weighted by Crippen LogP contribution is -2.04. The smallest absolute Gasteiger partial charge is 0.224 e. The summed E-state index contributed by atoms with van der Waals surface area (Å²) in [6.45, 7) is 0.577. The molecular weight excluding hydrogens is 216 g/mol. The van der Waals surface area contributed by atoms with E-state index in [4.69, 9.17) is 17.3 Å². The van der Waals surface area contributed by atoms with E-state index in [1.165, 1.54) is 6.20 Å². The van der Waals surface area contributed by atoms with Crippen molar-refractivity contribution in [3.05, 3.63) is 29.4 Å². The van der Waals surface area contributed by atoms with E-state index in [2.05, 4.69) is 25.5 Å². The van der Waals surface area contributed by atoms with Crippen LogP contribution in [0.25, 0.3) is 0 Å². The molecule has 2 heterocycles. The molecular formula is C8H9ClN6. The van der Waals surface area contributed by atoms with Gasteiger partial charge in [-0.25, -0.2) is 4.98 Å². The van der Waals surface area contributed by atoms with Gasteiger partial charge in [0.1, 0.15) is 0 Å². The van der Waals surface area contributed by atoms with E-state index in [9.17, 15) is 0 Å². The molecule has 0 spiro atoms. The maximum absolute atomic E-state index is 5.66. The highest BCUT2D eigenvalue weighted by atomic mass is 35.5. The van der Waals surface area contributed by atoms with Gasteiger partial charge in [0.2, 0.25) is 5.28 Å². The van der Waals surface area contributed by atoms with Crippen LogP contribution in [0.1, 0.15) is 5.56 Å². The first kappa shape index (κ1) is 9.72. The first-order valence-electron chi connectivity index (χ1n) is 4.25. The zero-order valence-electron chi connectivity index (χ0n) is 7.74. The Morgan fingerprint density at radius 1 is 1.47 bits per heavy atom. The lowest BCUT2D eigenvalue weighted by atomic mass is 10.3. The molecule has 78 valence electrons. The minimum Gasteiger partial charge on any atom is -0.394 e. The zero-order valence-corrected chi connectivity index (χ0v) is 8.49. The summed E-state index contributed by atoms with van der Waals surface area (Å²) in [7, 11) is 0. The standard InChI is InChI=1S/C8H9ClN6/c9-8-12-4-6(10)7(15-8)11-1-5-2-13-14-3-5/h2-4H,1,10H2,(H,13,14)(H,11,12,15). The fraction of sp³-hybridized carbons (Fsp3) is 0.125. The highest BCUT2D eigenvalue weighted by Crippen LogP contribution is 2.16. The second kappa shape index (κ2) is 4.14. The molecule has 2 aromatic heterocycles. The van der Waals surface area contributed by atoms with Gasteiger partial charge in [0.15, 0.2) is 5.82 Å². The fourth-order valence-corrected chi connectivity index (χ4v) is 1.20. The number of nitrogens with one attached hydrogen (secondary N) is 2. The lowest BCUT2D eigenvalue weighted by Gasteiger charge is -2.06. The molecule has 0 saturated heterocycles. The van der Waals surface area contributed by atoms with Gasteiger partial charge in [-0.05, 0) is 11.6 Å². The summed E-state index contributed by atoms with van der Waals surface area (Å²) in [4.78, 5) is 7.71. The van der Waals surface area contributed by atoms with Crippen LogP contribution in [0, 0.1) is 0 Å². The molecule has 0 aliphatic heterocycles. The van der Waals surface area contributed by atoms with Crippen LogP contribution in [0.5, 0.6) is 0 Å². The number of nitrogens with two attached hydrogens (primary N) is 1. The second-order valence-corrected chi connectivity index (χ2v) is 3.24. The Labute approximate surface area is 90.9 Å². The molecule has 0 bridgehead atoms. The van der Waals surface area contributed by atoms with Crippen LogP contribution in [-0.2, 0) is 6.54 Å². The molecule has 0 aliphatic carbocycles. The normalized spacial score (nSPS) is 10.2. The van der Waals surface area contributed by atoms with Crippen LogP contribution in [0.15, 0.2) is 18.6 Å². The molecule has 0 saturated carbocycles. The molecule has 0 atom stereocenters. The maximum atomic E-state index is 5.66. The number of rotatable bonds is 3. The number of anilines is 2. The van der Waals surface area contributed by atoms with Gasteiger partial charge in [-0.15, -0.1) is 0 Å². The van der Waals surface area contributed by atoms with Crippen molar-refractivity contribution >= 4 is 23.1 Å². The average molecular weight is 225 g/mol. The van der Waals surface area contributed by atoms with Gasteiger partial charge in [-0.2, -0.15) is 10.1 Å². The van der Waals surface area contributed by atoms with Gasteiger partial charge >= 0.3 is 0 Å². The van der Waals surface area contributed by atoms with Crippen molar-refractivity contribution in [1.82, 2.24) is 20.2 Å². The molecule has 0 fully saturated rings. The quantitative estimate of drug-likeness (QED) is 0.678. The molecule has 7 heteroatoms. The van der Waals surface area contributed by atoms with E-state index in [0.29, 0.717) is 18.1 Å². The van der Waals surface area contributed by atoms with Crippen LogP contribution in [0.3, 0.4) is 0 Å². The number of nitrogens with zero attached hydrogens (tertiary/aromatic N) is 3. The van der Waals surface area contributed by atoms with E-state index in [0.717, 1.165) is 5.56 Å². The van der Waals surface area contributed by atoms with Crippen molar-refractivity contribution in [1.29, 1.82) is 0 Å². The molecule has 6 nitrogen and oxygen atoms in total. The summed E-state index contributed by atoms with van der Waals surface area (Å²) >= 11 is 5.64. The molecule has 0 unspecified atom stereocenters. The Kier molecular flexibility index (Phi) is 2.68. The van der Waals surface area contributed by atoms with Crippen LogP contribution in [0.4, 0.5) is 11.5 Å². The maximum Gasteiger partial charge on any atom is 0.224 e. The van der Waals surface area contributed by atoms with Gasteiger partial charge in [-0.1, -0.05) is 0 Å². The molecule has 2 rings (SSSR count). The van der Waals surface area contributed by atoms with Crippen molar-refractivity contribution in [2.75, 3.05) is 11.1 Å². The van der Waals surface area contributed by atoms with E-state index in [1.54, 1.807) is 12.4 Å². The van der Waals surface area contributed by atoms with Crippen LogP contribution < -0.4 is 11.1 Å². The highest BCUT2D eigenvalue weighted by Gasteiger charge is 2.02. The third-order valence-electron chi connectivity index (χ3n) is 1.80. The van der Waals surface area contributed by atoms with E-state index >= 15 is 0 Å². The number of hydrogen-bond acceptors (Lipinski definition) is 5. The molecule has 2 aromatic rings. The topological polar surface area (TPSA) is 92.5 Å². The molecule has 4 N–H and O–H groups in total. The Bertz CT molecular complexity index is 440. The summed E-state index contributed by atoms with van der Waals surface area (Å²) in [5.74, 6) is 0.524. The molecule has 0 aromatic carbocycles. The van der Waals surface area contributed by atoms with Gasteiger partial charge < -0.3 is 11.1 Å². The molecule has 0 amide bonds. The Morgan fingerprint density at radius 3 is 3.07 bits per heavy atom. The van der Waals surface area contributed by atoms with Crippen molar-refractivity contribution in [2.45, 2.75) is 6.54 Å². The average Bonchev–Trinajstić information content (AvgIpc) is 2.72. The number of aromatic nitrogens is 4. The third kappa shape index (κ3) is 2.35. The first-order valence-corrected chi connectivity index (χ1v) is 4.63. The summed E-state index contributed by atoms with van der Waals surface area (Å²) in [6, 6.07) is 0. The molecule has 15 heavy (non-hydrogen) atoms. The van der Waals surface area contributed by atoms with Crippen LogP contribution in [0.2, 0.25) is 5.28 Å². The monoisotopic (exact) mass is 224 g/mol. The minimum atomic E-state index is 0.166. The van der Waals surface area contributed by atoms with Gasteiger partial charge in [-0.3, -0.25) is 5.10 Å². The predicted octanol–water partition coefficient (Wildman–Crippen LogP) is 1.05. The predicted molar refractivity (Wildman–Crippen MR) is 57.4 cm³/mol. The Morgan fingerprint density at radius 2 is 2.33 bits per heavy atom. The zero-order chi connectivity index (χ0) is 10.7. The Balaban J connectivity index is 2.07. The van der Waals surface area contributed by atoms with E-state index < -0.39 is 0 Å². The first-order chi connectivity index (χ1) is 7.25. The van der Waals surface area contributed by atoms with Crippen LogP contribution in [-0.4, -0.2) is 20.2 Å². The number of hydrogen-bond donors (Lipinski definition) is 3. The van der Waals surface area contributed by atoms with E-state index in [1.807, 2.05) is 0 Å². The number of aromatic amines is 1. The third-order valence-corrected chi connectivity index (χ3v) is 1.98. The van der Waals surface area contributed by atoms with Crippen molar-refractivity contribution in [3.63, 3.8) is 0 Å². The summed E-state index contributed by atoms with van der Waals surface area (Å²) in [5, 5.41) is 9.73. The molecule has 0 aliphatic rings. The number of halogens is 1. The van der Waals surface area contributed by atoms with E-state index in [-0.39, 0.29) is 5.28 Å². The molecule has 0 radical (unpaired) electrons. The number of nitrogen functional groups attached to an aromatic ring is 1. The second-order valence-electron chi connectivity index (χ2n) is 2.90. The Hall–Kier alpha value is -1.82. The summed E-state index contributed by atoms with van der Waals surface area (Å²) in [5.41, 5.74) is 7.12. The summed E-state index contributed by atoms with van der Waals surface area (Å²) in [6.07, 6.45) is 4.96. The van der Waals surface area contributed by atoms with Gasteiger partial charge in [0.25, 0.3) is 0 Å².